The predicted molar refractivity (Wildman–Crippen MR) is 77.3 cm³/mol. The number of ether oxygens (including phenoxy) is 1. The van der Waals surface area contributed by atoms with Gasteiger partial charge in [-0.1, -0.05) is 12.1 Å². The fourth-order valence-corrected chi connectivity index (χ4v) is 2.58. The lowest BCUT2D eigenvalue weighted by Gasteiger charge is -2.05. The van der Waals surface area contributed by atoms with Gasteiger partial charge in [-0.3, -0.25) is 4.79 Å². The van der Waals surface area contributed by atoms with Crippen molar-refractivity contribution in [3.63, 3.8) is 0 Å². The Morgan fingerprint density at radius 1 is 1.50 bits per heavy atom. The molecule has 104 valence electrons. The van der Waals surface area contributed by atoms with Crippen LogP contribution >= 0.6 is 11.5 Å². The van der Waals surface area contributed by atoms with Crippen LogP contribution in [-0.2, 0) is 16.0 Å². The maximum absolute atomic E-state index is 11.3. The predicted octanol–water partition coefficient (Wildman–Crippen LogP) is 2.87. The van der Waals surface area contributed by atoms with E-state index in [9.17, 15) is 4.79 Å². The van der Waals surface area contributed by atoms with Gasteiger partial charge in [-0.05, 0) is 30.5 Å². The van der Waals surface area contributed by atoms with E-state index < -0.39 is 0 Å². The van der Waals surface area contributed by atoms with Crippen molar-refractivity contribution in [2.24, 2.45) is 0 Å². The molecule has 1 N–H and O–H groups in total. The van der Waals surface area contributed by atoms with Gasteiger partial charge in [-0.2, -0.15) is 4.37 Å². The van der Waals surface area contributed by atoms with E-state index >= 15 is 0 Å². The minimum Gasteiger partial charge on any atom is -0.469 e. The van der Waals surface area contributed by atoms with E-state index in [2.05, 4.69) is 19.4 Å². The molecule has 1 aromatic carbocycles. The van der Waals surface area contributed by atoms with Crippen LogP contribution in [0.1, 0.15) is 30.1 Å². The summed E-state index contributed by atoms with van der Waals surface area (Å²) >= 11 is 1.37. The van der Waals surface area contributed by atoms with Crippen molar-refractivity contribution in [1.29, 1.82) is 0 Å². The number of anilines is 2. The minimum absolute atomic E-state index is 0.242. The molecule has 0 saturated heterocycles. The SMILES string of the molecule is COC(=O)Cc1cccc(Nc2nc(C3CC3)ns2)c1. The summed E-state index contributed by atoms with van der Waals surface area (Å²) in [6, 6.07) is 7.68. The highest BCUT2D eigenvalue weighted by molar-refractivity contribution is 7.09. The van der Waals surface area contributed by atoms with E-state index in [0.29, 0.717) is 5.92 Å². The van der Waals surface area contributed by atoms with Crippen molar-refractivity contribution in [2.75, 3.05) is 12.4 Å². The Labute approximate surface area is 121 Å². The highest BCUT2D eigenvalue weighted by Crippen LogP contribution is 2.39. The number of methoxy groups -OCH3 is 1. The molecule has 1 heterocycles. The van der Waals surface area contributed by atoms with E-state index in [1.807, 2.05) is 24.3 Å². The largest absolute Gasteiger partial charge is 0.469 e. The smallest absolute Gasteiger partial charge is 0.309 e. The molecule has 0 radical (unpaired) electrons. The van der Waals surface area contributed by atoms with Crippen LogP contribution in [-0.4, -0.2) is 22.4 Å². The molecule has 0 aliphatic heterocycles. The van der Waals surface area contributed by atoms with Gasteiger partial charge in [-0.15, -0.1) is 0 Å². The number of carbonyl (C=O) groups is 1. The molecule has 0 atom stereocenters. The van der Waals surface area contributed by atoms with Crippen molar-refractivity contribution in [3.8, 4) is 0 Å². The van der Waals surface area contributed by atoms with Gasteiger partial charge in [-0.25, -0.2) is 4.98 Å². The lowest BCUT2D eigenvalue weighted by atomic mass is 10.1. The van der Waals surface area contributed by atoms with Crippen LogP contribution in [0.4, 0.5) is 10.8 Å². The first-order valence-electron chi connectivity index (χ1n) is 6.51. The Morgan fingerprint density at radius 3 is 3.10 bits per heavy atom. The third-order valence-electron chi connectivity index (χ3n) is 3.14. The molecule has 20 heavy (non-hydrogen) atoms. The van der Waals surface area contributed by atoms with E-state index in [-0.39, 0.29) is 12.4 Å². The van der Waals surface area contributed by atoms with Gasteiger partial charge in [0.25, 0.3) is 0 Å². The van der Waals surface area contributed by atoms with Crippen LogP contribution < -0.4 is 5.32 Å². The Hall–Kier alpha value is -1.95. The second-order valence-electron chi connectivity index (χ2n) is 4.81. The van der Waals surface area contributed by atoms with Crippen LogP contribution in [0.15, 0.2) is 24.3 Å². The molecule has 1 aliphatic rings. The topological polar surface area (TPSA) is 64.1 Å². The number of nitrogens with one attached hydrogen (secondary N) is 1. The number of benzene rings is 1. The summed E-state index contributed by atoms with van der Waals surface area (Å²) in [6.07, 6.45) is 2.67. The molecule has 6 heteroatoms. The van der Waals surface area contributed by atoms with Gasteiger partial charge in [0, 0.05) is 23.1 Å². The van der Waals surface area contributed by atoms with Crippen LogP contribution in [0.3, 0.4) is 0 Å². The zero-order chi connectivity index (χ0) is 13.9. The molecule has 1 aliphatic carbocycles. The number of hydrogen-bond donors (Lipinski definition) is 1. The highest BCUT2D eigenvalue weighted by atomic mass is 32.1. The molecular formula is C14H15N3O2S. The monoisotopic (exact) mass is 289 g/mol. The zero-order valence-electron chi connectivity index (χ0n) is 11.1. The molecule has 5 nitrogen and oxygen atoms in total. The van der Waals surface area contributed by atoms with Crippen molar-refractivity contribution in [2.45, 2.75) is 25.2 Å². The normalized spacial score (nSPS) is 14.1. The Bertz CT molecular complexity index is 622. The van der Waals surface area contributed by atoms with E-state index in [1.165, 1.54) is 31.5 Å². The Kier molecular flexibility index (Phi) is 3.64. The number of esters is 1. The van der Waals surface area contributed by atoms with E-state index in [1.54, 1.807) is 0 Å². The van der Waals surface area contributed by atoms with Crippen molar-refractivity contribution in [1.82, 2.24) is 9.36 Å². The summed E-state index contributed by atoms with van der Waals surface area (Å²) in [5.41, 5.74) is 1.82. The summed E-state index contributed by atoms with van der Waals surface area (Å²) in [4.78, 5) is 15.8. The first-order chi connectivity index (χ1) is 9.74. The van der Waals surface area contributed by atoms with Crippen LogP contribution in [0.2, 0.25) is 0 Å². The first-order valence-corrected chi connectivity index (χ1v) is 7.28. The van der Waals surface area contributed by atoms with Crippen molar-refractivity contribution in [3.05, 3.63) is 35.7 Å². The van der Waals surface area contributed by atoms with Gasteiger partial charge >= 0.3 is 5.97 Å². The first kappa shape index (κ1) is 13.1. The van der Waals surface area contributed by atoms with Gasteiger partial charge in [0.15, 0.2) is 0 Å². The fraction of sp³-hybridized carbons (Fsp3) is 0.357. The van der Waals surface area contributed by atoms with Crippen LogP contribution in [0.25, 0.3) is 0 Å². The second-order valence-corrected chi connectivity index (χ2v) is 5.56. The molecule has 0 amide bonds. The minimum atomic E-state index is -0.242. The summed E-state index contributed by atoms with van der Waals surface area (Å²) in [5, 5.41) is 4.03. The van der Waals surface area contributed by atoms with E-state index in [4.69, 9.17) is 0 Å². The molecule has 0 bridgehead atoms. The number of rotatable bonds is 5. The summed E-state index contributed by atoms with van der Waals surface area (Å²) in [6.45, 7) is 0. The molecule has 2 aromatic rings. The number of aromatic nitrogens is 2. The van der Waals surface area contributed by atoms with Crippen LogP contribution in [0.5, 0.6) is 0 Å². The van der Waals surface area contributed by atoms with Crippen LogP contribution in [0, 0.1) is 0 Å². The molecule has 0 spiro atoms. The molecule has 1 fully saturated rings. The average molecular weight is 289 g/mol. The van der Waals surface area contributed by atoms with Gasteiger partial charge in [0.2, 0.25) is 5.13 Å². The van der Waals surface area contributed by atoms with Gasteiger partial charge < -0.3 is 10.1 Å². The van der Waals surface area contributed by atoms with E-state index in [0.717, 1.165) is 22.2 Å². The maximum Gasteiger partial charge on any atom is 0.309 e. The third kappa shape index (κ3) is 3.14. The molecule has 1 aromatic heterocycles. The molecular weight excluding hydrogens is 274 g/mol. The quantitative estimate of drug-likeness (QED) is 0.857. The third-order valence-corrected chi connectivity index (χ3v) is 3.78. The number of carbonyl (C=O) groups excluding carboxylic acids is 1. The molecule has 1 saturated carbocycles. The molecule has 0 unspecified atom stereocenters. The molecule has 3 rings (SSSR count). The van der Waals surface area contributed by atoms with Crippen molar-refractivity contribution >= 4 is 28.3 Å². The zero-order valence-corrected chi connectivity index (χ0v) is 11.9. The standard InChI is InChI=1S/C14H15N3O2S/c1-19-12(18)8-9-3-2-4-11(7-9)15-14-16-13(17-20-14)10-5-6-10/h2-4,7,10H,5-6,8H2,1H3,(H,15,16,17). The second kappa shape index (κ2) is 5.58. The Morgan fingerprint density at radius 2 is 2.35 bits per heavy atom. The van der Waals surface area contributed by atoms with Crippen molar-refractivity contribution < 1.29 is 9.53 Å². The summed E-state index contributed by atoms with van der Waals surface area (Å²) < 4.78 is 9.02. The Balaban J connectivity index is 1.69. The van der Waals surface area contributed by atoms with Gasteiger partial charge in [0.1, 0.15) is 5.82 Å². The summed E-state index contributed by atoms with van der Waals surface area (Å²) in [7, 11) is 1.39. The number of hydrogen-bond acceptors (Lipinski definition) is 6. The van der Waals surface area contributed by atoms with Gasteiger partial charge in [0.05, 0.1) is 13.5 Å². The highest BCUT2D eigenvalue weighted by Gasteiger charge is 2.27. The summed E-state index contributed by atoms with van der Waals surface area (Å²) in [5.74, 6) is 1.27. The maximum atomic E-state index is 11.3. The lowest BCUT2D eigenvalue weighted by molar-refractivity contribution is -0.139. The fourth-order valence-electron chi connectivity index (χ4n) is 1.91. The lowest BCUT2D eigenvalue weighted by Crippen LogP contribution is -2.04. The number of nitrogens with zero attached hydrogens (tertiary/aromatic N) is 2. The average Bonchev–Trinajstić information content (AvgIpc) is 3.20.